The van der Waals surface area contributed by atoms with Crippen molar-refractivity contribution in [3.8, 4) is 0 Å². The number of thioether (sulfide) groups is 1. The molecular weight excluding hydrogens is 526 g/mol. The number of carbonyl (C=O) groups is 6. The largest absolute Gasteiger partial charge is 0.481 e. The summed E-state index contributed by atoms with van der Waals surface area (Å²) in [6.45, 7) is 0.0762. The molecule has 0 radical (unpaired) electrons. The molecule has 0 bridgehead atoms. The molecule has 0 saturated carbocycles. The number of carboxylic acids is 3. The average Bonchev–Trinajstić information content (AvgIpc) is 2.83. The number of amides is 3. The lowest BCUT2D eigenvalue weighted by atomic mass is 10.1. The molecule has 16 nitrogen and oxygen atoms in total. The maximum absolute atomic E-state index is 13.0. The van der Waals surface area contributed by atoms with Crippen molar-refractivity contribution in [1.82, 2.24) is 16.0 Å². The summed E-state index contributed by atoms with van der Waals surface area (Å²) >= 11 is 1.46. The summed E-state index contributed by atoms with van der Waals surface area (Å²) in [7, 11) is 0. The van der Waals surface area contributed by atoms with Crippen LogP contribution in [0.5, 0.6) is 0 Å². The molecule has 4 atom stereocenters. The minimum Gasteiger partial charge on any atom is -0.481 e. The smallest absolute Gasteiger partial charge is 0.326 e. The van der Waals surface area contributed by atoms with Crippen molar-refractivity contribution in [2.24, 2.45) is 22.2 Å². The van der Waals surface area contributed by atoms with Crippen LogP contribution < -0.4 is 33.2 Å². The van der Waals surface area contributed by atoms with E-state index in [-0.39, 0.29) is 31.8 Å². The number of carboxylic acid groups (broad SMARTS) is 3. The first-order valence-corrected chi connectivity index (χ1v) is 13.0. The van der Waals surface area contributed by atoms with Gasteiger partial charge in [-0.15, -0.1) is 0 Å². The molecule has 0 aromatic carbocycles. The van der Waals surface area contributed by atoms with Crippen LogP contribution >= 0.6 is 11.8 Å². The Labute approximate surface area is 223 Å². The average molecular weight is 564 g/mol. The van der Waals surface area contributed by atoms with Gasteiger partial charge in [0.15, 0.2) is 5.96 Å². The van der Waals surface area contributed by atoms with E-state index in [4.69, 9.17) is 27.4 Å². The van der Waals surface area contributed by atoms with Crippen molar-refractivity contribution >= 4 is 53.4 Å². The van der Waals surface area contributed by atoms with E-state index in [1.165, 1.54) is 11.8 Å². The number of nitrogens with two attached hydrogens (primary N) is 3. The van der Waals surface area contributed by atoms with Gasteiger partial charge in [0, 0.05) is 19.4 Å². The Morgan fingerprint density at radius 3 is 1.71 bits per heavy atom. The molecule has 0 spiro atoms. The van der Waals surface area contributed by atoms with Crippen molar-refractivity contribution in [3.05, 3.63) is 0 Å². The highest BCUT2D eigenvalue weighted by Crippen LogP contribution is 2.07. The maximum atomic E-state index is 13.0. The Morgan fingerprint density at radius 2 is 1.24 bits per heavy atom. The third-order valence-electron chi connectivity index (χ3n) is 5.09. The Hall–Kier alpha value is -3.60. The summed E-state index contributed by atoms with van der Waals surface area (Å²) in [6, 6.07) is -5.19. The van der Waals surface area contributed by atoms with Gasteiger partial charge in [0.2, 0.25) is 17.7 Å². The van der Waals surface area contributed by atoms with E-state index in [9.17, 15) is 33.9 Å². The lowest BCUT2D eigenvalue weighted by Gasteiger charge is -2.25. The lowest BCUT2D eigenvalue weighted by molar-refractivity contribution is -0.143. The molecule has 0 aliphatic carbocycles. The van der Waals surface area contributed by atoms with E-state index >= 15 is 0 Å². The quantitative estimate of drug-likeness (QED) is 0.0417. The second-order valence-corrected chi connectivity index (χ2v) is 9.21. The van der Waals surface area contributed by atoms with Crippen molar-refractivity contribution in [1.29, 1.82) is 0 Å². The van der Waals surface area contributed by atoms with Crippen LogP contribution in [0.2, 0.25) is 0 Å². The summed E-state index contributed by atoms with van der Waals surface area (Å²) in [6.07, 6.45) is 0.527. The van der Waals surface area contributed by atoms with Crippen LogP contribution in [0.15, 0.2) is 4.99 Å². The van der Waals surface area contributed by atoms with Crippen molar-refractivity contribution in [2.75, 3.05) is 18.6 Å². The fourth-order valence-corrected chi connectivity index (χ4v) is 3.52. The number of nitrogens with zero attached hydrogens (tertiary/aromatic N) is 1. The minimum atomic E-state index is -1.55. The van der Waals surface area contributed by atoms with Gasteiger partial charge in [-0.1, -0.05) is 0 Å². The van der Waals surface area contributed by atoms with Crippen LogP contribution in [-0.4, -0.2) is 99.6 Å². The zero-order chi connectivity index (χ0) is 29.3. The third-order valence-corrected chi connectivity index (χ3v) is 5.73. The molecule has 216 valence electrons. The van der Waals surface area contributed by atoms with Crippen LogP contribution in [0.25, 0.3) is 0 Å². The summed E-state index contributed by atoms with van der Waals surface area (Å²) in [5.41, 5.74) is 16.4. The number of guanidine groups is 1. The van der Waals surface area contributed by atoms with Gasteiger partial charge in [0.05, 0.1) is 6.04 Å². The van der Waals surface area contributed by atoms with Crippen LogP contribution in [0, 0.1) is 0 Å². The molecule has 4 unspecified atom stereocenters. The van der Waals surface area contributed by atoms with E-state index in [0.717, 1.165) is 0 Å². The summed E-state index contributed by atoms with van der Waals surface area (Å²) in [5, 5.41) is 34.2. The number of nitrogens with one attached hydrogen (secondary N) is 3. The monoisotopic (exact) mass is 563 g/mol. The van der Waals surface area contributed by atoms with Gasteiger partial charge in [-0.3, -0.25) is 29.0 Å². The molecule has 0 saturated heterocycles. The van der Waals surface area contributed by atoms with Gasteiger partial charge >= 0.3 is 17.9 Å². The maximum Gasteiger partial charge on any atom is 0.326 e. The van der Waals surface area contributed by atoms with E-state index in [1.54, 1.807) is 0 Å². The number of aliphatic carboxylic acids is 3. The second-order valence-electron chi connectivity index (χ2n) is 8.22. The van der Waals surface area contributed by atoms with E-state index in [0.29, 0.717) is 12.2 Å². The number of aliphatic imine (C=N–C) groups is 1. The fraction of sp³-hybridized carbons (Fsp3) is 0.667. The molecule has 0 rings (SSSR count). The first-order chi connectivity index (χ1) is 17.8. The Kier molecular flexibility index (Phi) is 16.9. The predicted molar refractivity (Wildman–Crippen MR) is 138 cm³/mol. The van der Waals surface area contributed by atoms with Gasteiger partial charge in [-0.25, -0.2) is 4.79 Å². The lowest BCUT2D eigenvalue weighted by Crippen LogP contribution is -2.57. The van der Waals surface area contributed by atoms with Crippen LogP contribution in [-0.2, 0) is 28.8 Å². The number of hydrogen-bond acceptors (Lipinski definition) is 9. The first-order valence-electron chi connectivity index (χ1n) is 11.7. The number of carbonyl (C=O) groups excluding carboxylic acids is 3. The molecule has 0 aliphatic rings. The topological polar surface area (TPSA) is 290 Å². The van der Waals surface area contributed by atoms with E-state index < -0.39 is 79.1 Å². The Bertz CT molecular complexity index is 868. The van der Waals surface area contributed by atoms with Gasteiger partial charge in [0.1, 0.15) is 18.1 Å². The van der Waals surface area contributed by atoms with Crippen LogP contribution in [0.4, 0.5) is 0 Å². The highest BCUT2D eigenvalue weighted by molar-refractivity contribution is 7.98. The molecule has 3 amide bonds. The highest BCUT2D eigenvalue weighted by atomic mass is 32.2. The molecule has 0 fully saturated rings. The first kappa shape index (κ1) is 34.4. The molecule has 17 heteroatoms. The van der Waals surface area contributed by atoms with E-state index in [2.05, 4.69) is 20.9 Å². The molecule has 0 aromatic heterocycles. The zero-order valence-corrected chi connectivity index (χ0v) is 21.9. The van der Waals surface area contributed by atoms with Crippen molar-refractivity contribution < 1.29 is 44.1 Å². The number of rotatable bonds is 20. The molecule has 38 heavy (non-hydrogen) atoms. The van der Waals surface area contributed by atoms with Crippen molar-refractivity contribution in [2.45, 2.75) is 69.1 Å². The van der Waals surface area contributed by atoms with Crippen LogP contribution in [0.1, 0.15) is 44.9 Å². The molecule has 12 N–H and O–H groups in total. The SMILES string of the molecule is CSCCC(N)C(=O)NC(CCC(=O)O)C(=O)NC(CCCN=C(N)N)C(=O)NC(CCC(=O)O)C(=O)O. The van der Waals surface area contributed by atoms with E-state index in [1.807, 2.05) is 6.26 Å². The summed E-state index contributed by atoms with van der Waals surface area (Å²) in [4.78, 5) is 75.5. The number of hydrogen-bond donors (Lipinski definition) is 9. The molecule has 0 heterocycles. The molecule has 0 aliphatic heterocycles. The predicted octanol–water partition coefficient (Wildman–Crippen LogP) is -2.61. The van der Waals surface area contributed by atoms with Crippen molar-refractivity contribution in [3.63, 3.8) is 0 Å². The molecular formula is C21H37N7O9S. The Morgan fingerprint density at radius 1 is 0.763 bits per heavy atom. The normalized spacial score (nSPS) is 13.7. The van der Waals surface area contributed by atoms with Gasteiger partial charge in [-0.2, -0.15) is 11.8 Å². The fourth-order valence-electron chi connectivity index (χ4n) is 3.03. The minimum absolute atomic E-state index is 0.0630. The van der Waals surface area contributed by atoms with Gasteiger partial charge in [-0.05, 0) is 44.1 Å². The highest BCUT2D eigenvalue weighted by Gasteiger charge is 2.30. The summed E-state index contributed by atoms with van der Waals surface area (Å²) in [5.74, 6) is -6.10. The van der Waals surface area contributed by atoms with Crippen LogP contribution in [0.3, 0.4) is 0 Å². The zero-order valence-electron chi connectivity index (χ0n) is 21.1. The third kappa shape index (κ3) is 15.5. The Balaban J connectivity index is 5.69. The second kappa shape index (κ2) is 18.6. The molecule has 0 aromatic rings. The standard InChI is InChI=1S/C21H37N7O9S/c1-38-10-8-11(22)17(33)26-13(4-6-15(29)30)19(35)27-12(3-2-9-25-21(23)24)18(34)28-14(20(36)37)5-7-16(31)32/h11-14H,2-10,22H2,1H3,(H,26,33)(H,27,35)(H,28,34)(H,29,30)(H,31,32)(H,36,37)(H4,23,24,25). The van der Waals surface area contributed by atoms with Gasteiger partial charge in [0.25, 0.3) is 0 Å². The van der Waals surface area contributed by atoms with Gasteiger partial charge < -0.3 is 48.5 Å². The summed E-state index contributed by atoms with van der Waals surface area (Å²) < 4.78 is 0.